The first-order valence-corrected chi connectivity index (χ1v) is 9.62. The van der Waals surface area contributed by atoms with Crippen molar-refractivity contribution in [3.63, 3.8) is 0 Å². The highest BCUT2D eigenvalue weighted by atomic mass is 32.2. The summed E-state index contributed by atoms with van der Waals surface area (Å²) in [6.45, 7) is 9.48. The van der Waals surface area contributed by atoms with Crippen LogP contribution in [-0.2, 0) is 16.6 Å². The summed E-state index contributed by atoms with van der Waals surface area (Å²) in [6, 6.07) is 0.00995. The lowest BCUT2D eigenvalue weighted by Gasteiger charge is -2.16. The van der Waals surface area contributed by atoms with Crippen molar-refractivity contribution in [2.45, 2.75) is 64.4 Å². The molecule has 0 unspecified atom stereocenters. The van der Waals surface area contributed by atoms with E-state index in [-0.39, 0.29) is 6.04 Å². The third-order valence-corrected chi connectivity index (χ3v) is 6.26. The number of rotatable bonds is 9. The van der Waals surface area contributed by atoms with Crippen molar-refractivity contribution in [2.24, 2.45) is 0 Å². The maximum Gasteiger partial charge on any atom is 0.242 e. The summed E-state index contributed by atoms with van der Waals surface area (Å²) in [5, 5.41) is 5.20. The van der Waals surface area contributed by atoms with Gasteiger partial charge in [-0.2, -0.15) is 0 Å². The Bertz CT molecular complexity index is 505. The van der Waals surface area contributed by atoms with Gasteiger partial charge >= 0.3 is 0 Å². The molecule has 2 N–H and O–H groups in total. The fourth-order valence-corrected chi connectivity index (χ4v) is 5.27. The topological polar surface area (TPSA) is 58.2 Å². The number of hydrogen-bond donors (Lipinski definition) is 2. The highest BCUT2D eigenvalue weighted by Gasteiger charge is 2.24. The largest absolute Gasteiger partial charge is 0.312 e. The van der Waals surface area contributed by atoms with Crippen molar-refractivity contribution in [1.82, 2.24) is 10.0 Å². The van der Waals surface area contributed by atoms with Crippen LogP contribution in [0.2, 0.25) is 0 Å². The zero-order valence-electron chi connectivity index (χ0n) is 12.8. The molecule has 0 amide bonds. The smallest absolute Gasteiger partial charge is 0.242 e. The molecule has 0 saturated heterocycles. The van der Waals surface area contributed by atoms with Gasteiger partial charge in [0.25, 0.3) is 0 Å². The fraction of sp³-hybridized carbons (Fsp3) is 0.714. The van der Waals surface area contributed by atoms with Gasteiger partial charge in [-0.05, 0) is 43.7 Å². The van der Waals surface area contributed by atoms with E-state index < -0.39 is 10.0 Å². The first-order chi connectivity index (χ1) is 9.46. The van der Waals surface area contributed by atoms with E-state index in [9.17, 15) is 8.42 Å². The molecule has 0 aliphatic heterocycles. The molecule has 0 saturated carbocycles. The fourth-order valence-electron chi connectivity index (χ4n) is 2.08. The van der Waals surface area contributed by atoms with Crippen LogP contribution in [0.4, 0.5) is 0 Å². The van der Waals surface area contributed by atoms with Gasteiger partial charge in [-0.3, -0.25) is 0 Å². The number of nitrogens with one attached hydrogen (secondary N) is 2. The Morgan fingerprint density at radius 1 is 1.25 bits per heavy atom. The van der Waals surface area contributed by atoms with Crippen molar-refractivity contribution < 1.29 is 8.42 Å². The standard InChI is InChI=1S/C14H26N2O2S2/c1-5-8-15-9-13-14(11(4)10-19-13)20(17,18)16-12(6-2)7-3/h10,12,15-16H,5-9H2,1-4H3. The van der Waals surface area contributed by atoms with E-state index in [2.05, 4.69) is 17.0 Å². The van der Waals surface area contributed by atoms with Crippen LogP contribution in [0.1, 0.15) is 50.5 Å². The highest BCUT2D eigenvalue weighted by molar-refractivity contribution is 7.89. The van der Waals surface area contributed by atoms with Gasteiger partial charge in [-0.1, -0.05) is 20.8 Å². The molecule has 0 aliphatic carbocycles. The van der Waals surface area contributed by atoms with Crippen molar-refractivity contribution in [3.05, 3.63) is 15.8 Å². The molecule has 0 fully saturated rings. The van der Waals surface area contributed by atoms with Crippen molar-refractivity contribution >= 4 is 21.4 Å². The van der Waals surface area contributed by atoms with Crippen LogP contribution in [0, 0.1) is 6.92 Å². The first kappa shape index (κ1) is 17.6. The minimum atomic E-state index is -3.42. The molecule has 4 nitrogen and oxygen atoms in total. The number of hydrogen-bond acceptors (Lipinski definition) is 4. The van der Waals surface area contributed by atoms with E-state index in [0.29, 0.717) is 11.4 Å². The van der Waals surface area contributed by atoms with Gasteiger partial charge in [0.15, 0.2) is 0 Å². The predicted octanol–water partition coefficient (Wildman–Crippen LogP) is 3.02. The van der Waals surface area contributed by atoms with Gasteiger partial charge in [0.2, 0.25) is 10.0 Å². The molecule has 0 atom stereocenters. The summed E-state index contributed by atoms with van der Waals surface area (Å²) < 4.78 is 27.9. The van der Waals surface area contributed by atoms with Crippen molar-refractivity contribution in [3.8, 4) is 0 Å². The molecule has 0 bridgehead atoms. The molecular formula is C14H26N2O2S2. The normalized spacial score (nSPS) is 12.2. The summed E-state index contributed by atoms with van der Waals surface area (Å²) in [5.74, 6) is 0. The second-order valence-electron chi connectivity index (χ2n) is 4.98. The Labute approximate surface area is 127 Å². The molecular weight excluding hydrogens is 292 g/mol. The van der Waals surface area contributed by atoms with E-state index >= 15 is 0 Å². The Morgan fingerprint density at radius 3 is 2.45 bits per heavy atom. The minimum Gasteiger partial charge on any atom is -0.312 e. The summed E-state index contributed by atoms with van der Waals surface area (Å²) in [4.78, 5) is 1.37. The average Bonchev–Trinajstić information content (AvgIpc) is 2.78. The van der Waals surface area contributed by atoms with Gasteiger partial charge in [-0.25, -0.2) is 13.1 Å². The van der Waals surface area contributed by atoms with Crippen LogP contribution in [0.3, 0.4) is 0 Å². The van der Waals surface area contributed by atoms with Crippen LogP contribution in [0.25, 0.3) is 0 Å². The summed E-state index contributed by atoms with van der Waals surface area (Å²) in [5.41, 5.74) is 0.835. The number of sulfonamides is 1. The van der Waals surface area contributed by atoms with Crippen molar-refractivity contribution in [2.75, 3.05) is 6.54 Å². The highest BCUT2D eigenvalue weighted by Crippen LogP contribution is 2.27. The summed E-state index contributed by atoms with van der Waals surface area (Å²) in [6.07, 6.45) is 2.66. The van der Waals surface area contributed by atoms with Gasteiger partial charge < -0.3 is 5.32 Å². The van der Waals surface area contributed by atoms with E-state index in [1.165, 1.54) is 11.3 Å². The number of aryl methyl sites for hydroxylation is 1. The Hall–Kier alpha value is -0.430. The first-order valence-electron chi connectivity index (χ1n) is 7.26. The molecule has 1 aromatic rings. The lowest BCUT2D eigenvalue weighted by Crippen LogP contribution is -2.34. The van der Waals surface area contributed by atoms with Gasteiger partial charge in [0.1, 0.15) is 4.90 Å². The Kier molecular flexibility index (Phi) is 7.15. The molecule has 0 aliphatic rings. The molecule has 116 valence electrons. The second-order valence-corrected chi connectivity index (χ2v) is 7.60. The lowest BCUT2D eigenvalue weighted by atomic mass is 10.2. The minimum absolute atomic E-state index is 0.00995. The SMILES string of the molecule is CCCNCc1scc(C)c1S(=O)(=O)NC(CC)CC. The van der Waals surface area contributed by atoms with E-state index in [0.717, 1.165) is 36.2 Å². The summed E-state index contributed by atoms with van der Waals surface area (Å²) >= 11 is 1.51. The molecule has 1 aromatic heterocycles. The zero-order valence-corrected chi connectivity index (χ0v) is 14.5. The third kappa shape index (κ3) is 4.55. The molecule has 20 heavy (non-hydrogen) atoms. The zero-order chi connectivity index (χ0) is 15.2. The summed E-state index contributed by atoms with van der Waals surface area (Å²) in [7, 11) is -3.42. The monoisotopic (exact) mass is 318 g/mol. The van der Waals surface area contributed by atoms with E-state index in [1.807, 2.05) is 26.2 Å². The molecule has 1 heterocycles. The molecule has 0 spiro atoms. The molecule has 0 radical (unpaired) electrons. The predicted molar refractivity (Wildman–Crippen MR) is 85.7 cm³/mol. The average molecular weight is 319 g/mol. The van der Waals surface area contributed by atoms with Crippen LogP contribution in [0.5, 0.6) is 0 Å². The Morgan fingerprint density at radius 2 is 1.90 bits per heavy atom. The Balaban J connectivity index is 2.96. The quantitative estimate of drug-likeness (QED) is 0.688. The maximum atomic E-state index is 12.6. The van der Waals surface area contributed by atoms with Gasteiger partial charge in [0, 0.05) is 17.5 Å². The van der Waals surface area contributed by atoms with Crippen LogP contribution < -0.4 is 10.0 Å². The molecule has 0 aromatic carbocycles. The van der Waals surface area contributed by atoms with Crippen LogP contribution >= 0.6 is 11.3 Å². The lowest BCUT2D eigenvalue weighted by molar-refractivity contribution is 0.529. The second kappa shape index (κ2) is 8.12. The van der Waals surface area contributed by atoms with E-state index in [1.54, 1.807) is 0 Å². The maximum absolute atomic E-state index is 12.6. The van der Waals surface area contributed by atoms with E-state index in [4.69, 9.17) is 0 Å². The van der Waals surface area contributed by atoms with Crippen LogP contribution in [-0.4, -0.2) is 21.0 Å². The van der Waals surface area contributed by atoms with Crippen molar-refractivity contribution in [1.29, 1.82) is 0 Å². The third-order valence-electron chi connectivity index (χ3n) is 3.28. The molecule has 1 rings (SSSR count). The number of thiophene rings is 1. The van der Waals surface area contributed by atoms with Crippen LogP contribution in [0.15, 0.2) is 10.3 Å². The molecule has 6 heteroatoms. The van der Waals surface area contributed by atoms with Gasteiger partial charge in [0.05, 0.1) is 0 Å². The van der Waals surface area contributed by atoms with Gasteiger partial charge in [-0.15, -0.1) is 11.3 Å².